The number of ether oxygens (including phenoxy) is 3. The van der Waals surface area contributed by atoms with Crippen LogP contribution in [0.3, 0.4) is 0 Å². The number of imide groups is 1. The minimum atomic E-state index is -4.64. The molecule has 0 saturated carbocycles. The molecule has 1 heterocycles. The maximum absolute atomic E-state index is 13.1. The maximum atomic E-state index is 13.1. The summed E-state index contributed by atoms with van der Waals surface area (Å²) in [6.07, 6.45) is -3.14. The second-order valence-corrected chi connectivity index (χ2v) is 9.58. The van der Waals surface area contributed by atoms with Crippen molar-refractivity contribution in [2.24, 2.45) is 0 Å². The van der Waals surface area contributed by atoms with E-state index in [1.807, 2.05) is 13.8 Å². The first-order chi connectivity index (χ1) is 17.5. The molecule has 13 heteroatoms. The Morgan fingerprint density at radius 3 is 2.43 bits per heavy atom. The van der Waals surface area contributed by atoms with Gasteiger partial charge in [0.15, 0.2) is 11.5 Å². The second-order valence-electron chi connectivity index (χ2n) is 7.42. The van der Waals surface area contributed by atoms with Crippen LogP contribution in [-0.2, 0) is 15.8 Å². The van der Waals surface area contributed by atoms with E-state index in [0.717, 1.165) is 20.6 Å². The molecule has 3 amide bonds. The number of benzene rings is 2. The SMILES string of the molecule is CCOc1cc(/C=C2\SC(=O)N(CC(=O)Nc3cc(C(F)(F)F)ccc3OC)C2=O)cc(I)c1OCC. The number of halogens is 4. The average Bonchev–Trinajstić information content (AvgIpc) is 3.08. The summed E-state index contributed by atoms with van der Waals surface area (Å²) in [7, 11) is 1.23. The van der Waals surface area contributed by atoms with Crippen LogP contribution in [0.2, 0.25) is 0 Å². The van der Waals surface area contributed by atoms with Crippen molar-refractivity contribution in [3.8, 4) is 17.2 Å². The Morgan fingerprint density at radius 1 is 1.11 bits per heavy atom. The van der Waals surface area contributed by atoms with Crippen molar-refractivity contribution in [1.82, 2.24) is 4.90 Å². The molecule has 37 heavy (non-hydrogen) atoms. The number of hydrogen-bond acceptors (Lipinski definition) is 7. The molecule has 0 bridgehead atoms. The van der Waals surface area contributed by atoms with E-state index in [0.29, 0.717) is 48.1 Å². The second kappa shape index (κ2) is 12.1. The third-order valence-corrected chi connectivity index (χ3v) is 6.60. The lowest BCUT2D eigenvalue weighted by Gasteiger charge is -2.16. The number of methoxy groups -OCH3 is 1. The summed E-state index contributed by atoms with van der Waals surface area (Å²) in [5, 5.41) is 1.60. The fourth-order valence-electron chi connectivity index (χ4n) is 3.32. The van der Waals surface area contributed by atoms with E-state index in [1.54, 1.807) is 12.1 Å². The van der Waals surface area contributed by atoms with Crippen molar-refractivity contribution >= 4 is 63.2 Å². The lowest BCUT2D eigenvalue weighted by molar-refractivity contribution is -0.137. The van der Waals surface area contributed by atoms with Gasteiger partial charge in [0.1, 0.15) is 12.3 Å². The Balaban J connectivity index is 1.79. The van der Waals surface area contributed by atoms with E-state index in [4.69, 9.17) is 14.2 Å². The smallest absolute Gasteiger partial charge is 0.416 e. The van der Waals surface area contributed by atoms with E-state index >= 15 is 0 Å². The summed E-state index contributed by atoms with van der Waals surface area (Å²) >= 11 is 2.73. The zero-order chi connectivity index (χ0) is 27.3. The van der Waals surface area contributed by atoms with Gasteiger partial charge in [-0.15, -0.1) is 0 Å². The Labute approximate surface area is 228 Å². The molecule has 1 fully saturated rings. The summed E-state index contributed by atoms with van der Waals surface area (Å²) in [5.74, 6) is -0.531. The molecular weight excluding hydrogens is 628 g/mol. The molecule has 0 aliphatic carbocycles. The van der Waals surface area contributed by atoms with Crippen LogP contribution in [0.25, 0.3) is 6.08 Å². The lowest BCUT2D eigenvalue weighted by Crippen LogP contribution is -2.36. The predicted molar refractivity (Wildman–Crippen MR) is 141 cm³/mol. The molecule has 0 atom stereocenters. The van der Waals surface area contributed by atoms with E-state index < -0.39 is 35.3 Å². The first-order valence-corrected chi connectivity index (χ1v) is 12.8. The summed E-state index contributed by atoms with van der Waals surface area (Å²) in [4.78, 5) is 38.7. The lowest BCUT2D eigenvalue weighted by atomic mass is 10.1. The van der Waals surface area contributed by atoms with E-state index in [2.05, 4.69) is 27.9 Å². The first kappa shape index (κ1) is 28.6. The van der Waals surface area contributed by atoms with Crippen molar-refractivity contribution in [3.05, 3.63) is 49.9 Å². The average molecular weight is 650 g/mol. The quantitative estimate of drug-likeness (QED) is 0.271. The van der Waals surface area contributed by atoms with Crippen LogP contribution in [0.15, 0.2) is 35.2 Å². The molecule has 0 spiro atoms. The number of hydrogen-bond donors (Lipinski definition) is 1. The van der Waals surface area contributed by atoms with Crippen molar-refractivity contribution < 1.29 is 41.8 Å². The zero-order valence-corrected chi connectivity index (χ0v) is 22.9. The summed E-state index contributed by atoms with van der Waals surface area (Å²) in [6, 6.07) is 6.03. The molecular formula is C24H22F3IN2O6S. The Morgan fingerprint density at radius 2 is 1.81 bits per heavy atom. The number of thioether (sulfide) groups is 1. The molecule has 1 saturated heterocycles. The highest BCUT2D eigenvalue weighted by atomic mass is 127. The normalized spacial score (nSPS) is 14.8. The number of carbonyl (C=O) groups excluding carboxylic acids is 3. The Hall–Kier alpha value is -2.94. The molecule has 0 unspecified atom stereocenters. The van der Waals surface area contributed by atoms with Crippen molar-refractivity contribution in [2.45, 2.75) is 20.0 Å². The van der Waals surface area contributed by atoms with E-state index in [-0.39, 0.29) is 16.3 Å². The monoisotopic (exact) mass is 650 g/mol. The number of nitrogens with one attached hydrogen (secondary N) is 1. The van der Waals surface area contributed by atoms with E-state index in [1.165, 1.54) is 13.2 Å². The van der Waals surface area contributed by atoms with Gasteiger partial charge >= 0.3 is 6.18 Å². The Kier molecular flexibility index (Phi) is 9.34. The molecule has 2 aromatic carbocycles. The molecule has 198 valence electrons. The molecule has 3 rings (SSSR count). The predicted octanol–water partition coefficient (Wildman–Crippen LogP) is 5.79. The number of nitrogens with zero attached hydrogens (tertiary/aromatic N) is 1. The van der Waals surface area contributed by atoms with Crippen molar-refractivity contribution in [1.29, 1.82) is 0 Å². The largest absolute Gasteiger partial charge is 0.495 e. The van der Waals surface area contributed by atoms with Crippen LogP contribution in [0.4, 0.5) is 23.7 Å². The van der Waals surface area contributed by atoms with Crippen LogP contribution in [0, 0.1) is 3.57 Å². The number of rotatable bonds is 9. The van der Waals surface area contributed by atoms with Gasteiger partial charge in [-0.25, -0.2) is 0 Å². The molecule has 0 radical (unpaired) electrons. The molecule has 1 aliphatic heterocycles. The molecule has 0 aromatic heterocycles. The third-order valence-electron chi connectivity index (χ3n) is 4.89. The highest BCUT2D eigenvalue weighted by Crippen LogP contribution is 2.38. The van der Waals surface area contributed by atoms with Gasteiger partial charge in [-0.1, -0.05) is 0 Å². The van der Waals surface area contributed by atoms with Crippen LogP contribution >= 0.6 is 34.4 Å². The van der Waals surface area contributed by atoms with Crippen LogP contribution in [0.5, 0.6) is 17.2 Å². The van der Waals surface area contributed by atoms with Gasteiger partial charge in [-0.05, 0) is 90.2 Å². The van der Waals surface area contributed by atoms with Crippen LogP contribution in [0.1, 0.15) is 25.0 Å². The van der Waals surface area contributed by atoms with Gasteiger partial charge in [0.2, 0.25) is 5.91 Å². The van der Waals surface area contributed by atoms with Crippen LogP contribution < -0.4 is 19.5 Å². The first-order valence-electron chi connectivity index (χ1n) is 10.9. The van der Waals surface area contributed by atoms with Crippen LogP contribution in [-0.4, -0.2) is 48.8 Å². The number of anilines is 1. The van der Waals surface area contributed by atoms with Crippen molar-refractivity contribution in [3.63, 3.8) is 0 Å². The standard InChI is InChI=1S/C24H22F3IN2O6S/c1-4-35-18-9-13(8-15(28)21(18)36-5-2)10-19-22(32)30(23(33)37-19)12-20(31)29-16-11-14(24(25,26)27)6-7-17(16)34-3/h6-11H,4-5,12H2,1-3H3,(H,29,31)/b19-10-. The van der Waals surface area contributed by atoms with Gasteiger partial charge in [0, 0.05) is 0 Å². The third kappa shape index (κ3) is 6.89. The number of carbonyl (C=O) groups is 3. The highest BCUT2D eigenvalue weighted by molar-refractivity contribution is 14.1. The van der Waals surface area contributed by atoms with E-state index in [9.17, 15) is 27.6 Å². The fourth-order valence-corrected chi connectivity index (χ4v) is 4.94. The van der Waals surface area contributed by atoms with Gasteiger partial charge in [0.25, 0.3) is 11.1 Å². The van der Waals surface area contributed by atoms with Gasteiger partial charge < -0.3 is 19.5 Å². The zero-order valence-electron chi connectivity index (χ0n) is 19.9. The number of amides is 3. The minimum absolute atomic E-state index is 0.00871. The highest BCUT2D eigenvalue weighted by Gasteiger charge is 2.37. The van der Waals surface area contributed by atoms with Crippen molar-refractivity contribution in [2.75, 3.05) is 32.2 Å². The Bertz CT molecular complexity index is 1250. The fraction of sp³-hybridized carbons (Fsp3) is 0.292. The molecule has 1 aliphatic rings. The molecule has 1 N–H and O–H groups in total. The minimum Gasteiger partial charge on any atom is -0.495 e. The molecule has 8 nitrogen and oxygen atoms in total. The topological polar surface area (TPSA) is 94.2 Å². The van der Waals surface area contributed by atoms with Gasteiger partial charge in [0.05, 0.1) is 40.0 Å². The van der Waals surface area contributed by atoms with Gasteiger partial charge in [-0.3, -0.25) is 19.3 Å². The molecule has 2 aromatic rings. The summed E-state index contributed by atoms with van der Waals surface area (Å²) in [5.41, 5.74) is -0.647. The summed E-state index contributed by atoms with van der Waals surface area (Å²) < 4.78 is 56.2. The van der Waals surface area contributed by atoms with Gasteiger partial charge in [-0.2, -0.15) is 13.2 Å². The summed E-state index contributed by atoms with van der Waals surface area (Å²) in [6.45, 7) is 3.80. The maximum Gasteiger partial charge on any atom is 0.416 e. The number of alkyl halides is 3.